The number of amidine groups is 1. The Balaban J connectivity index is 0.000000304. The molecule has 32 heavy (non-hydrogen) atoms. The molecule has 5 nitrogen and oxygen atoms in total. The predicted molar refractivity (Wildman–Crippen MR) is 139 cm³/mol. The number of nitrogens with one attached hydrogen (secondary N) is 2. The number of hydrogen-bond acceptors (Lipinski definition) is 5. The Morgan fingerprint density at radius 1 is 0.969 bits per heavy atom. The summed E-state index contributed by atoms with van der Waals surface area (Å²) in [5.41, 5.74) is 3.49. The Morgan fingerprint density at radius 3 is 2.12 bits per heavy atom. The summed E-state index contributed by atoms with van der Waals surface area (Å²) in [5, 5.41) is 15.5. The molecule has 0 saturated carbocycles. The highest BCUT2D eigenvalue weighted by Crippen LogP contribution is 2.26. The van der Waals surface area contributed by atoms with Gasteiger partial charge in [-0.25, -0.2) is 4.31 Å². The lowest BCUT2D eigenvalue weighted by atomic mass is 10.1. The Kier molecular flexibility index (Phi) is 11.8. The quantitative estimate of drug-likeness (QED) is 0.341. The largest absolute Gasteiger partial charge is 0.381 e. The maximum atomic E-state index is 8.47. The summed E-state index contributed by atoms with van der Waals surface area (Å²) in [7, 11) is 0. The van der Waals surface area contributed by atoms with Crippen molar-refractivity contribution in [2.24, 2.45) is 0 Å². The van der Waals surface area contributed by atoms with Crippen LogP contribution < -0.4 is 0 Å². The van der Waals surface area contributed by atoms with Gasteiger partial charge in [-0.3, -0.25) is 5.41 Å². The second-order valence-electron chi connectivity index (χ2n) is 7.79. The number of ether oxygens (including phenoxy) is 1. The van der Waals surface area contributed by atoms with Crippen molar-refractivity contribution in [1.29, 1.82) is 10.8 Å². The molecule has 2 aromatic carbocycles. The van der Waals surface area contributed by atoms with Crippen LogP contribution in [0.5, 0.6) is 0 Å². The smallest absolute Gasteiger partial charge is 0.128 e. The van der Waals surface area contributed by atoms with Crippen LogP contribution in [0.25, 0.3) is 0 Å². The van der Waals surface area contributed by atoms with Crippen molar-refractivity contribution in [3.63, 3.8) is 0 Å². The molecule has 0 aromatic heterocycles. The normalized spacial score (nSPS) is 16.9. The number of nitrogens with zero attached hydrogens (tertiary/aromatic N) is 2. The fraction of sp³-hybridized carbons (Fsp3) is 0.440. The third kappa shape index (κ3) is 8.58. The Labute approximate surface area is 202 Å². The first-order valence-corrected chi connectivity index (χ1v) is 12.2. The van der Waals surface area contributed by atoms with Gasteiger partial charge < -0.3 is 15.0 Å². The van der Waals surface area contributed by atoms with E-state index in [2.05, 4.69) is 35.0 Å². The molecular weight excluding hydrogens is 440 g/mol. The molecule has 0 radical (unpaired) electrons. The van der Waals surface area contributed by atoms with Crippen LogP contribution in [0.2, 0.25) is 5.02 Å². The van der Waals surface area contributed by atoms with E-state index in [0.29, 0.717) is 5.84 Å². The zero-order valence-electron chi connectivity index (χ0n) is 19.1. The van der Waals surface area contributed by atoms with Crippen molar-refractivity contribution in [3.05, 3.63) is 70.2 Å². The summed E-state index contributed by atoms with van der Waals surface area (Å²) in [4.78, 5) is 2.21. The van der Waals surface area contributed by atoms with Gasteiger partial charge in [0.25, 0.3) is 0 Å². The third-order valence-corrected chi connectivity index (χ3v) is 7.12. The van der Waals surface area contributed by atoms with Gasteiger partial charge in [-0.1, -0.05) is 65.5 Å². The number of aryl methyl sites for hydroxylation is 2. The van der Waals surface area contributed by atoms with Crippen LogP contribution in [0.3, 0.4) is 0 Å². The van der Waals surface area contributed by atoms with Crippen molar-refractivity contribution >= 4 is 36.1 Å². The Morgan fingerprint density at radius 2 is 1.56 bits per heavy atom. The van der Waals surface area contributed by atoms with Crippen molar-refractivity contribution in [1.82, 2.24) is 9.21 Å². The zero-order valence-corrected chi connectivity index (χ0v) is 20.7. The van der Waals surface area contributed by atoms with Crippen LogP contribution in [0.1, 0.15) is 29.5 Å². The molecule has 2 saturated heterocycles. The third-order valence-electron chi connectivity index (χ3n) is 5.43. The molecule has 7 heteroatoms. The Bertz CT molecular complexity index is 798. The second-order valence-corrected chi connectivity index (χ2v) is 9.62. The lowest BCUT2D eigenvalue weighted by Crippen LogP contribution is -2.47. The fourth-order valence-corrected chi connectivity index (χ4v) is 4.88. The maximum Gasteiger partial charge on any atom is 0.128 e. The van der Waals surface area contributed by atoms with Gasteiger partial charge >= 0.3 is 0 Å². The molecule has 2 N–H and O–H groups in total. The van der Waals surface area contributed by atoms with E-state index in [-0.39, 0.29) is 0 Å². The molecule has 0 bridgehead atoms. The van der Waals surface area contributed by atoms with Gasteiger partial charge in [0.05, 0.1) is 0 Å². The molecule has 174 valence electrons. The van der Waals surface area contributed by atoms with Gasteiger partial charge in [-0.2, -0.15) is 0 Å². The van der Waals surface area contributed by atoms with Crippen LogP contribution in [0.4, 0.5) is 0 Å². The summed E-state index contributed by atoms with van der Waals surface area (Å²) in [5.74, 6) is 0.675. The van der Waals surface area contributed by atoms with Crippen molar-refractivity contribution in [2.75, 3.05) is 39.4 Å². The molecule has 0 spiro atoms. The highest BCUT2D eigenvalue weighted by atomic mass is 35.5. The fourth-order valence-electron chi connectivity index (χ4n) is 3.55. The first-order valence-electron chi connectivity index (χ1n) is 11.0. The topological polar surface area (TPSA) is 63.4 Å². The summed E-state index contributed by atoms with van der Waals surface area (Å²) < 4.78 is 7.91. The van der Waals surface area contributed by atoms with E-state index in [9.17, 15) is 0 Å². The Hall–Kier alpha value is -1.86. The average molecular weight is 475 g/mol. The minimum Gasteiger partial charge on any atom is -0.381 e. The van der Waals surface area contributed by atoms with Gasteiger partial charge in [-0.05, 0) is 51.1 Å². The van der Waals surface area contributed by atoms with Crippen molar-refractivity contribution < 1.29 is 4.74 Å². The van der Waals surface area contributed by atoms with E-state index < -0.39 is 0 Å². The molecule has 4 rings (SSSR count). The summed E-state index contributed by atoms with van der Waals surface area (Å²) in [6.45, 7) is 12.4. The maximum absolute atomic E-state index is 8.47. The molecule has 0 amide bonds. The van der Waals surface area contributed by atoms with Crippen LogP contribution >= 0.6 is 23.5 Å². The highest BCUT2D eigenvalue weighted by molar-refractivity contribution is 7.97. The van der Waals surface area contributed by atoms with Gasteiger partial charge in [0.1, 0.15) is 5.84 Å². The van der Waals surface area contributed by atoms with Gasteiger partial charge in [-0.15, -0.1) is 0 Å². The number of benzene rings is 2. The van der Waals surface area contributed by atoms with Crippen LogP contribution in [-0.2, 0) is 4.74 Å². The van der Waals surface area contributed by atoms with Gasteiger partial charge in [0.15, 0.2) is 0 Å². The molecule has 2 fully saturated rings. The first-order chi connectivity index (χ1) is 15.5. The molecule has 0 aliphatic carbocycles. The minimum atomic E-state index is 0.675. The first kappa shape index (κ1) is 26.4. The number of halogens is 1. The van der Waals surface area contributed by atoms with Crippen LogP contribution in [0.15, 0.2) is 48.5 Å². The molecule has 0 atom stereocenters. The highest BCUT2D eigenvalue weighted by Gasteiger charge is 2.24. The standard InChI is InChI=1S/C17H25N3OS.C7H7Cl.CH3N/c1-14-4-2-3-5-16(14)17(18)19-8-10-20(11-9-19)22-15-6-12-21-13-7-15;1-6-2-4-7(8)5-3-6;1-2/h2-5,15,18H,6-13H2,1H3;2-5H,1H3;2H,1H2. The van der Waals surface area contributed by atoms with Crippen LogP contribution in [-0.4, -0.2) is 66.4 Å². The average Bonchev–Trinajstić information content (AvgIpc) is 2.84. The summed E-state index contributed by atoms with van der Waals surface area (Å²) in [6, 6.07) is 15.9. The molecule has 2 aliphatic rings. The molecular formula is C25H35ClN4OS. The predicted octanol–water partition coefficient (Wildman–Crippen LogP) is 5.68. The van der Waals surface area contributed by atoms with E-state index in [4.69, 9.17) is 27.2 Å². The lowest BCUT2D eigenvalue weighted by molar-refractivity contribution is 0.0992. The SMILES string of the molecule is C=N.Cc1ccc(Cl)cc1.Cc1ccccc1C(=N)N1CCN(SC2CCOCC2)CC1. The van der Waals surface area contributed by atoms with Crippen LogP contribution in [0, 0.1) is 24.7 Å². The van der Waals surface area contributed by atoms with Crippen molar-refractivity contribution in [2.45, 2.75) is 31.9 Å². The monoisotopic (exact) mass is 474 g/mol. The zero-order chi connectivity index (χ0) is 23.3. The van der Waals surface area contributed by atoms with E-state index in [1.165, 1.54) is 24.0 Å². The molecule has 2 aliphatic heterocycles. The summed E-state index contributed by atoms with van der Waals surface area (Å²) in [6.07, 6.45) is 2.34. The second kappa shape index (κ2) is 14.3. The molecule has 2 heterocycles. The molecule has 0 unspecified atom stereocenters. The number of rotatable bonds is 3. The number of piperazine rings is 1. The van der Waals surface area contributed by atoms with Crippen molar-refractivity contribution in [3.8, 4) is 0 Å². The summed E-state index contributed by atoms with van der Waals surface area (Å²) >= 11 is 7.62. The van der Waals surface area contributed by atoms with E-state index in [0.717, 1.165) is 55.2 Å². The van der Waals surface area contributed by atoms with E-state index in [1.807, 2.05) is 55.3 Å². The van der Waals surface area contributed by atoms with E-state index in [1.54, 1.807) is 0 Å². The lowest BCUT2D eigenvalue weighted by Gasteiger charge is -2.37. The molecule has 2 aromatic rings. The van der Waals surface area contributed by atoms with E-state index >= 15 is 0 Å². The minimum absolute atomic E-state index is 0.675. The van der Waals surface area contributed by atoms with Gasteiger partial charge in [0, 0.05) is 55.2 Å². The number of hydrogen-bond donors (Lipinski definition) is 2. The van der Waals surface area contributed by atoms with Gasteiger partial charge in [0.2, 0.25) is 0 Å².